The number of halogens is 4. The highest BCUT2D eigenvalue weighted by molar-refractivity contribution is 7.89. The van der Waals surface area contributed by atoms with Crippen LogP contribution in [-0.2, 0) is 21.0 Å². The van der Waals surface area contributed by atoms with Crippen LogP contribution in [0.4, 0.5) is 18.9 Å². The van der Waals surface area contributed by atoms with Gasteiger partial charge in [-0.05, 0) is 18.2 Å². The van der Waals surface area contributed by atoms with E-state index in [2.05, 4.69) is 5.32 Å². The summed E-state index contributed by atoms with van der Waals surface area (Å²) in [6.07, 6.45) is -4.42. The third-order valence-electron chi connectivity index (χ3n) is 3.97. The van der Waals surface area contributed by atoms with E-state index in [1.54, 1.807) is 11.0 Å². The van der Waals surface area contributed by atoms with Crippen LogP contribution in [0, 0.1) is 0 Å². The molecule has 2 rings (SSSR count). The molecule has 1 aliphatic heterocycles. The summed E-state index contributed by atoms with van der Waals surface area (Å²) in [5.41, 5.74) is -0.327. The number of nitrogens with one attached hydrogen (secondary N) is 1. The molecule has 0 unspecified atom stereocenters. The number of amides is 1. The fraction of sp³-hybridized carbons (Fsp3) is 0.533. The Balaban J connectivity index is 1.93. The first-order valence-electron chi connectivity index (χ1n) is 7.86. The van der Waals surface area contributed by atoms with Crippen molar-refractivity contribution < 1.29 is 26.4 Å². The van der Waals surface area contributed by atoms with E-state index in [9.17, 15) is 26.4 Å². The van der Waals surface area contributed by atoms with Gasteiger partial charge in [-0.15, -0.1) is 11.6 Å². The van der Waals surface area contributed by atoms with E-state index in [0.29, 0.717) is 5.69 Å². The van der Waals surface area contributed by atoms with Crippen molar-refractivity contribution in [2.75, 3.05) is 49.3 Å². The predicted octanol–water partition coefficient (Wildman–Crippen LogP) is 1.51. The molecule has 1 aromatic rings. The zero-order chi connectivity index (χ0) is 19.4. The molecule has 1 amide bonds. The summed E-state index contributed by atoms with van der Waals surface area (Å²) in [6, 6.07) is 4.97. The van der Waals surface area contributed by atoms with Gasteiger partial charge in [0.15, 0.2) is 0 Å². The van der Waals surface area contributed by atoms with E-state index < -0.39 is 27.7 Å². The zero-order valence-corrected chi connectivity index (χ0v) is 15.4. The lowest BCUT2D eigenvalue weighted by Gasteiger charge is -2.35. The van der Waals surface area contributed by atoms with E-state index >= 15 is 0 Å². The highest BCUT2D eigenvalue weighted by Gasteiger charge is 2.32. The molecule has 0 saturated carbocycles. The van der Waals surface area contributed by atoms with Gasteiger partial charge in [0, 0.05) is 38.4 Å². The number of carbonyl (C=O) groups excluding carboxylic acids is 1. The predicted molar refractivity (Wildman–Crippen MR) is 92.7 cm³/mol. The molecule has 0 spiro atoms. The molecule has 1 aromatic carbocycles. The van der Waals surface area contributed by atoms with Crippen LogP contribution in [0.15, 0.2) is 24.3 Å². The maximum Gasteiger partial charge on any atom is 0.416 e. The summed E-state index contributed by atoms with van der Waals surface area (Å²) in [5, 5.41) is 2.39. The SMILES string of the molecule is O=C(CCl)NCCS(=O)(=O)N1CCN(c2cccc(C(F)(F)F)c2)CC1. The van der Waals surface area contributed by atoms with E-state index in [-0.39, 0.29) is 44.4 Å². The van der Waals surface area contributed by atoms with Gasteiger partial charge in [-0.2, -0.15) is 17.5 Å². The number of hydrogen-bond acceptors (Lipinski definition) is 4. The van der Waals surface area contributed by atoms with Crippen LogP contribution in [0.2, 0.25) is 0 Å². The van der Waals surface area contributed by atoms with Crippen LogP contribution in [0.5, 0.6) is 0 Å². The minimum absolute atomic E-state index is 0.0400. The molecule has 11 heteroatoms. The minimum atomic E-state index is -4.42. The summed E-state index contributed by atoms with van der Waals surface area (Å²) in [5.74, 6) is -0.939. The standard InChI is InChI=1S/C15H19ClF3N3O3S/c16-11-14(23)20-4-9-26(24,25)22-7-5-21(6-8-22)13-3-1-2-12(10-13)15(17,18)19/h1-3,10H,4-9,11H2,(H,20,23). The molecule has 0 aliphatic carbocycles. The fourth-order valence-electron chi connectivity index (χ4n) is 2.60. The molecule has 6 nitrogen and oxygen atoms in total. The van der Waals surface area contributed by atoms with E-state index in [1.165, 1.54) is 10.4 Å². The molecule has 0 radical (unpaired) electrons. The van der Waals surface area contributed by atoms with Gasteiger partial charge in [-0.3, -0.25) is 4.79 Å². The van der Waals surface area contributed by atoms with Crippen molar-refractivity contribution in [3.63, 3.8) is 0 Å². The van der Waals surface area contributed by atoms with E-state index in [1.807, 2.05) is 0 Å². The van der Waals surface area contributed by atoms with Crippen LogP contribution in [0.1, 0.15) is 5.56 Å². The lowest BCUT2D eigenvalue weighted by atomic mass is 10.1. The van der Waals surface area contributed by atoms with Gasteiger partial charge in [-0.25, -0.2) is 8.42 Å². The van der Waals surface area contributed by atoms with Gasteiger partial charge >= 0.3 is 6.18 Å². The van der Waals surface area contributed by atoms with Gasteiger partial charge < -0.3 is 10.2 Å². The Morgan fingerprint density at radius 3 is 2.42 bits per heavy atom. The van der Waals surface area contributed by atoms with Gasteiger partial charge in [0.05, 0.1) is 11.3 Å². The molecule has 1 fully saturated rings. The lowest BCUT2D eigenvalue weighted by molar-refractivity contribution is -0.137. The largest absolute Gasteiger partial charge is 0.416 e. The number of carbonyl (C=O) groups is 1. The minimum Gasteiger partial charge on any atom is -0.369 e. The number of nitrogens with zero attached hydrogens (tertiary/aromatic N) is 2. The molecule has 1 heterocycles. The Labute approximate surface area is 155 Å². The van der Waals surface area contributed by atoms with Crippen molar-refractivity contribution in [2.45, 2.75) is 6.18 Å². The lowest BCUT2D eigenvalue weighted by Crippen LogP contribution is -2.50. The van der Waals surface area contributed by atoms with Crippen LogP contribution < -0.4 is 10.2 Å². The number of benzene rings is 1. The number of piperazine rings is 1. The van der Waals surface area contributed by atoms with Crippen molar-refractivity contribution in [2.24, 2.45) is 0 Å². The third kappa shape index (κ3) is 5.49. The monoisotopic (exact) mass is 413 g/mol. The number of alkyl halides is 4. The molecule has 0 aromatic heterocycles. The fourth-order valence-corrected chi connectivity index (χ4v) is 4.03. The highest BCUT2D eigenvalue weighted by Crippen LogP contribution is 2.31. The van der Waals surface area contributed by atoms with Crippen molar-refractivity contribution >= 4 is 33.2 Å². The van der Waals surface area contributed by atoms with Gasteiger partial charge in [0.1, 0.15) is 5.88 Å². The third-order valence-corrected chi connectivity index (χ3v) is 6.09. The summed E-state index contributed by atoms with van der Waals surface area (Å²) in [7, 11) is -3.56. The number of rotatable bonds is 6. The molecule has 1 N–H and O–H groups in total. The number of sulfonamides is 1. The number of hydrogen-bond donors (Lipinski definition) is 1. The first-order valence-corrected chi connectivity index (χ1v) is 10.0. The second-order valence-corrected chi connectivity index (χ2v) is 8.09. The zero-order valence-electron chi connectivity index (χ0n) is 13.8. The van der Waals surface area contributed by atoms with Crippen molar-refractivity contribution in [1.29, 1.82) is 0 Å². The summed E-state index contributed by atoms with van der Waals surface area (Å²) >= 11 is 5.32. The Bertz CT molecular complexity index is 735. The second-order valence-electron chi connectivity index (χ2n) is 5.73. The van der Waals surface area contributed by atoms with Gasteiger partial charge in [-0.1, -0.05) is 6.07 Å². The topological polar surface area (TPSA) is 69.7 Å². The molecular formula is C15H19ClF3N3O3S. The quantitative estimate of drug-likeness (QED) is 0.718. The maximum absolute atomic E-state index is 12.8. The van der Waals surface area contributed by atoms with Crippen LogP contribution in [0.3, 0.4) is 0 Å². The van der Waals surface area contributed by atoms with Crippen LogP contribution in [0.25, 0.3) is 0 Å². The summed E-state index contributed by atoms with van der Waals surface area (Å²) < 4.78 is 64.2. The normalized spacial score (nSPS) is 16.5. The molecule has 146 valence electrons. The van der Waals surface area contributed by atoms with Gasteiger partial charge in [0.2, 0.25) is 15.9 Å². The Morgan fingerprint density at radius 2 is 1.85 bits per heavy atom. The van der Waals surface area contributed by atoms with Crippen LogP contribution in [-0.4, -0.2) is 63.0 Å². The van der Waals surface area contributed by atoms with E-state index in [4.69, 9.17) is 11.6 Å². The van der Waals surface area contributed by atoms with Crippen molar-refractivity contribution in [3.05, 3.63) is 29.8 Å². The molecule has 26 heavy (non-hydrogen) atoms. The Kier molecular flexibility index (Phi) is 6.75. The molecule has 1 aliphatic rings. The van der Waals surface area contributed by atoms with Gasteiger partial charge in [0.25, 0.3) is 0 Å². The number of anilines is 1. The molecule has 0 atom stereocenters. The Hall–Kier alpha value is -1.52. The molecular weight excluding hydrogens is 395 g/mol. The Morgan fingerprint density at radius 1 is 1.19 bits per heavy atom. The average molecular weight is 414 g/mol. The smallest absolute Gasteiger partial charge is 0.369 e. The summed E-state index contributed by atoms with van der Waals surface area (Å²) in [6.45, 7) is 0.870. The average Bonchev–Trinajstić information content (AvgIpc) is 2.61. The highest BCUT2D eigenvalue weighted by atomic mass is 35.5. The summed E-state index contributed by atoms with van der Waals surface area (Å²) in [4.78, 5) is 12.8. The molecule has 0 bridgehead atoms. The van der Waals surface area contributed by atoms with E-state index in [0.717, 1.165) is 12.1 Å². The molecule has 1 saturated heterocycles. The first-order chi connectivity index (χ1) is 12.1. The van der Waals surface area contributed by atoms with Crippen molar-refractivity contribution in [1.82, 2.24) is 9.62 Å². The van der Waals surface area contributed by atoms with Crippen molar-refractivity contribution in [3.8, 4) is 0 Å². The van der Waals surface area contributed by atoms with Crippen LogP contribution >= 0.6 is 11.6 Å². The maximum atomic E-state index is 12.8. The first kappa shape index (κ1) is 20.8. The second kappa shape index (κ2) is 8.45.